The van der Waals surface area contributed by atoms with E-state index in [-0.39, 0.29) is 12.1 Å². The van der Waals surface area contributed by atoms with Crippen LogP contribution in [0.1, 0.15) is 12.8 Å². The Morgan fingerprint density at radius 2 is 2.36 bits per heavy atom. The summed E-state index contributed by atoms with van der Waals surface area (Å²) < 4.78 is 6.89. The van der Waals surface area contributed by atoms with Gasteiger partial charge in [0.1, 0.15) is 5.02 Å². The average Bonchev–Trinajstić information content (AvgIpc) is 3.12. The van der Waals surface area contributed by atoms with Crippen LogP contribution >= 0.6 is 11.6 Å². The maximum Gasteiger partial charge on any atom is 0.318 e. The predicted octanol–water partition coefficient (Wildman–Crippen LogP) is 1.59. The molecular weight excluding hydrogens is 306 g/mol. The van der Waals surface area contributed by atoms with E-state index in [9.17, 15) is 5.11 Å². The van der Waals surface area contributed by atoms with Crippen LogP contribution in [0.15, 0.2) is 24.7 Å². The topological polar surface area (TPSA) is 85.1 Å². The zero-order valence-corrected chi connectivity index (χ0v) is 12.9. The SMILES string of the molecule is COc1ncc(Cl)c(N[C@@H]2CC(Cn3cccn3)C[C@H]2O)n1. The average molecular weight is 324 g/mol. The molecule has 1 unspecified atom stereocenters. The number of hydrogen-bond donors (Lipinski definition) is 2. The molecule has 2 N–H and O–H groups in total. The number of nitrogens with zero attached hydrogens (tertiary/aromatic N) is 4. The van der Waals surface area contributed by atoms with Gasteiger partial charge >= 0.3 is 6.01 Å². The molecule has 1 aliphatic rings. The Labute approximate surface area is 133 Å². The van der Waals surface area contributed by atoms with E-state index in [4.69, 9.17) is 16.3 Å². The van der Waals surface area contributed by atoms with Crippen molar-refractivity contribution in [3.8, 4) is 6.01 Å². The van der Waals surface area contributed by atoms with E-state index in [2.05, 4.69) is 20.4 Å². The Hall–Kier alpha value is -1.86. The Kier molecular flexibility index (Phi) is 4.44. The van der Waals surface area contributed by atoms with Gasteiger partial charge in [-0.2, -0.15) is 10.1 Å². The van der Waals surface area contributed by atoms with Gasteiger partial charge in [-0.15, -0.1) is 0 Å². The van der Waals surface area contributed by atoms with Crippen LogP contribution in [-0.4, -0.2) is 44.1 Å². The minimum atomic E-state index is -0.447. The summed E-state index contributed by atoms with van der Waals surface area (Å²) in [6, 6.07) is 2.04. The summed E-state index contributed by atoms with van der Waals surface area (Å²) in [6.45, 7) is 0.795. The number of ether oxygens (including phenoxy) is 1. The van der Waals surface area contributed by atoms with Gasteiger partial charge in [0.15, 0.2) is 5.82 Å². The maximum atomic E-state index is 10.3. The van der Waals surface area contributed by atoms with Crippen molar-refractivity contribution in [2.75, 3.05) is 12.4 Å². The fraction of sp³-hybridized carbons (Fsp3) is 0.500. The molecule has 7 nitrogen and oxygen atoms in total. The first kappa shape index (κ1) is 15.1. The van der Waals surface area contributed by atoms with Gasteiger partial charge in [0, 0.05) is 18.9 Å². The molecule has 2 heterocycles. The second-order valence-electron chi connectivity index (χ2n) is 5.44. The molecular formula is C14H18ClN5O2. The number of nitrogens with one attached hydrogen (secondary N) is 1. The van der Waals surface area contributed by atoms with Crippen LogP contribution in [-0.2, 0) is 6.54 Å². The largest absolute Gasteiger partial charge is 0.467 e. The van der Waals surface area contributed by atoms with E-state index in [1.54, 1.807) is 6.20 Å². The number of anilines is 1. The predicted molar refractivity (Wildman–Crippen MR) is 82.0 cm³/mol. The van der Waals surface area contributed by atoms with E-state index in [1.165, 1.54) is 13.3 Å². The highest BCUT2D eigenvalue weighted by atomic mass is 35.5. The van der Waals surface area contributed by atoms with Gasteiger partial charge in [-0.05, 0) is 24.8 Å². The van der Waals surface area contributed by atoms with Gasteiger partial charge in [0.2, 0.25) is 0 Å². The van der Waals surface area contributed by atoms with Crippen LogP contribution < -0.4 is 10.1 Å². The zero-order chi connectivity index (χ0) is 15.5. The van der Waals surface area contributed by atoms with Gasteiger partial charge in [-0.1, -0.05) is 11.6 Å². The van der Waals surface area contributed by atoms with Crippen LogP contribution in [0.2, 0.25) is 5.02 Å². The normalized spacial score (nSPS) is 24.4. The lowest BCUT2D eigenvalue weighted by atomic mass is 10.1. The van der Waals surface area contributed by atoms with Crippen molar-refractivity contribution in [3.05, 3.63) is 29.7 Å². The van der Waals surface area contributed by atoms with Crippen molar-refractivity contribution < 1.29 is 9.84 Å². The van der Waals surface area contributed by atoms with E-state index < -0.39 is 6.10 Å². The molecule has 0 aromatic carbocycles. The van der Waals surface area contributed by atoms with Gasteiger partial charge < -0.3 is 15.2 Å². The fourth-order valence-electron chi connectivity index (χ4n) is 2.82. The van der Waals surface area contributed by atoms with Crippen LogP contribution in [0.4, 0.5) is 5.82 Å². The molecule has 0 radical (unpaired) electrons. The Morgan fingerprint density at radius 3 is 3.09 bits per heavy atom. The Balaban J connectivity index is 1.65. The molecule has 118 valence electrons. The minimum Gasteiger partial charge on any atom is -0.467 e. The number of rotatable bonds is 5. The number of aliphatic hydroxyl groups is 1. The second kappa shape index (κ2) is 6.50. The van der Waals surface area contributed by atoms with Crippen molar-refractivity contribution in [2.24, 2.45) is 5.92 Å². The first-order chi connectivity index (χ1) is 10.7. The molecule has 0 aliphatic heterocycles. The first-order valence-corrected chi connectivity index (χ1v) is 7.52. The quantitative estimate of drug-likeness (QED) is 0.869. The number of hydrogen-bond acceptors (Lipinski definition) is 6. The molecule has 2 aromatic heterocycles. The summed E-state index contributed by atoms with van der Waals surface area (Å²) in [6.07, 6.45) is 6.27. The molecule has 8 heteroatoms. The van der Waals surface area contributed by atoms with E-state index in [1.807, 2.05) is 16.9 Å². The monoisotopic (exact) mass is 323 g/mol. The van der Waals surface area contributed by atoms with Crippen molar-refractivity contribution in [1.82, 2.24) is 19.7 Å². The number of halogens is 1. The summed E-state index contributed by atoms with van der Waals surface area (Å²) in [5, 5.41) is 18.1. The third kappa shape index (κ3) is 3.31. The number of aromatic nitrogens is 4. The summed E-state index contributed by atoms with van der Waals surface area (Å²) in [7, 11) is 1.50. The molecule has 22 heavy (non-hydrogen) atoms. The van der Waals surface area contributed by atoms with Gasteiger partial charge in [-0.25, -0.2) is 4.98 Å². The number of aliphatic hydroxyl groups excluding tert-OH is 1. The lowest BCUT2D eigenvalue weighted by molar-refractivity contribution is 0.165. The van der Waals surface area contributed by atoms with Gasteiger partial charge in [0.25, 0.3) is 0 Å². The highest BCUT2D eigenvalue weighted by Crippen LogP contribution is 2.31. The second-order valence-corrected chi connectivity index (χ2v) is 5.84. The highest BCUT2D eigenvalue weighted by molar-refractivity contribution is 6.32. The third-order valence-electron chi connectivity index (χ3n) is 3.86. The van der Waals surface area contributed by atoms with Gasteiger partial charge in [0.05, 0.1) is 25.5 Å². The molecule has 0 saturated heterocycles. The molecule has 1 saturated carbocycles. The third-order valence-corrected chi connectivity index (χ3v) is 4.13. The van der Waals surface area contributed by atoms with E-state index in [0.29, 0.717) is 16.8 Å². The summed E-state index contributed by atoms with van der Waals surface area (Å²) in [4.78, 5) is 8.12. The fourth-order valence-corrected chi connectivity index (χ4v) is 2.97. The number of methoxy groups -OCH3 is 1. The maximum absolute atomic E-state index is 10.3. The van der Waals surface area contributed by atoms with Crippen molar-refractivity contribution in [3.63, 3.8) is 0 Å². The van der Waals surface area contributed by atoms with Crippen LogP contribution in [0.5, 0.6) is 6.01 Å². The first-order valence-electron chi connectivity index (χ1n) is 7.14. The lowest BCUT2D eigenvalue weighted by Crippen LogP contribution is -2.28. The smallest absolute Gasteiger partial charge is 0.318 e. The molecule has 3 atom stereocenters. The summed E-state index contributed by atoms with van der Waals surface area (Å²) in [5.41, 5.74) is 0. The Bertz CT molecular complexity index is 622. The van der Waals surface area contributed by atoms with Crippen LogP contribution in [0.25, 0.3) is 0 Å². The molecule has 1 fully saturated rings. The molecule has 0 amide bonds. The standard InChI is InChI=1S/C14H18ClN5O2/c1-22-14-16-7-10(15)13(19-14)18-11-5-9(6-12(11)21)8-20-4-2-3-17-20/h2-4,7,9,11-12,21H,5-6,8H2,1H3,(H,16,18,19)/t9?,11-,12-/m1/s1. The van der Waals surface area contributed by atoms with E-state index >= 15 is 0 Å². The Morgan fingerprint density at radius 1 is 1.50 bits per heavy atom. The molecule has 0 spiro atoms. The van der Waals surface area contributed by atoms with Crippen molar-refractivity contribution >= 4 is 17.4 Å². The highest BCUT2D eigenvalue weighted by Gasteiger charge is 2.33. The molecule has 1 aliphatic carbocycles. The lowest BCUT2D eigenvalue weighted by Gasteiger charge is -2.18. The molecule has 2 aromatic rings. The van der Waals surface area contributed by atoms with Gasteiger partial charge in [-0.3, -0.25) is 4.68 Å². The summed E-state index contributed by atoms with van der Waals surface area (Å²) in [5.74, 6) is 0.840. The van der Waals surface area contributed by atoms with E-state index in [0.717, 1.165) is 19.4 Å². The van der Waals surface area contributed by atoms with Crippen LogP contribution in [0.3, 0.4) is 0 Å². The molecule has 0 bridgehead atoms. The van der Waals surface area contributed by atoms with Crippen molar-refractivity contribution in [2.45, 2.75) is 31.5 Å². The molecule has 3 rings (SSSR count). The summed E-state index contributed by atoms with van der Waals surface area (Å²) >= 11 is 6.09. The zero-order valence-electron chi connectivity index (χ0n) is 12.2. The minimum absolute atomic E-state index is 0.0994. The van der Waals surface area contributed by atoms with Crippen LogP contribution in [0, 0.1) is 5.92 Å². The van der Waals surface area contributed by atoms with Crippen molar-refractivity contribution in [1.29, 1.82) is 0 Å².